The van der Waals surface area contributed by atoms with Gasteiger partial charge in [-0.25, -0.2) is 4.98 Å². The van der Waals surface area contributed by atoms with Crippen LogP contribution in [0.2, 0.25) is 0 Å². The molecule has 0 saturated carbocycles. The maximum Gasteiger partial charge on any atom is 0.213 e. The smallest absolute Gasteiger partial charge is 0.213 e. The lowest BCUT2D eigenvalue weighted by atomic mass is 9.92. The van der Waals surface area contributed by atoms with Crippen molar-refractivity contribution in [3.05, 3.63) is 64.6 Å². The lowest BCUT2D eigenvalue weighted by Gasteiger charge is -2.18. The molecule has 0 amide bonds. The van der Waals surface area contributed by atoms with Crippen LogP contribution in [0.25, 0.3) is 5.57 Å². The fourth-order valence-electron chi connectivity index (χ4n) is 2.88. The molecule has 1 atom stereocenters. The van der Waals surface area contributed by atoms with Crippen molar-refractivity contribution >= 4 is 23.5 Å². The van der Waals surface area contributed by atoms with Gasteiger partial charge in [0.1, 0.15) is 12.4 Å². The molecule has 0 aliphatic heterocycles. The number of hydrogen-bond acceptors (Lipinski definition) is 5. The van der Waals surface area contributed by atoms with E-state index in [0.717, 1.165) is 34.6 Å². The molecule has 0 saturated heterocycles. The number of aldehydes is 1. The molecule has 2 heterocycles. The van der Waals surface area contributed by atoms with E-state index in [0.29, 0.717) is 23.1 Å². The number of nitrogens with zero attached hydrogens (tertiary/aromatic N) is 2. The average molecular weight is 371 g/mol. The minimum absolute atomic E-state index is 0.269. The van der Waals surface area contributed by atoms with Gasteiger partial charge >= 0.3 is 0 Å². The summed E-state index contributed by atoms with van der Waals surface area (Å²) in [7, 11) is 1.50. The van der Waals surface area contributed by atoms with Gasteiger partial charge in [0, 0.05) is 22.9 Å². The summed E-state index contributed by atoms with van der Waals surface area (Å²) in [6.45, 7) is 2.39. The van der Waals surface area contributed by atoms with Gasteiger partial charge in [-0.15, -0.1) is 0 Å². The Labute approximate surface area is 157 Å². The molecule has 2 aromatic heterocycles. The van der Waals surface area contributed by atoms with Gasteiger partial charge in [-0.1, -0.05) is 30.7 Å². The van der Waals surface area contributed by atoms with Crippen LogP contribution < -0.4 is 9.47 Å². The van der Waals surface area contributed by atoms with Gasteiger partial charge in [0.25, 0.3) is 0 Å². The number of aromatic nitrogens is 2. The summed E-state index contributed by atoms with van der Waals surface area (Å²) in [4.78, 5) is 19.9. The van der Waals surface area contributed by atoms with E-state index in [1.54, 1.807) is 12.3 Å². The zero-order chi connectivity index (χ0) is 18.5. The molecule has 1 aliphatic rings. The van der Waals surface area contributed by atoms with Crippen LogP contribution in [-0.2, 0) is 6.61 Å². The number of allylic oxidation sites excluding steroid dienone is 4. The van der Waals surface area contributed by atoms with E-state index in [1.807, 2.05) is 24.3 Å². The number of ether oxygens (including phenoxy) is 2. The number of pyridine rings is 2. The summed E-state index contributed by atoms with van der Waals surface area (Å²) in [5, 5.41) is 0.721. The van der Waals surface area contributed by atoms with Crippen LogP contribution in [0, 0.1) is 5.92 Å². The van der Waals surface area contributed by atoms with Gasteiger partial charge < -0.3 is 9.47 Å². The molecule has 0 fully saturated rings. The highest BCUT2D eigenvalue weighted by atomic mass is 35.5. The van der Waals surface area contributed by atoms with Crippen LogP contribution >= 0.6 is 11.6 Å². The molecular formula is C20H19ClN2O3. The molecule has 5 nitrogen and oxygen atoms in total. The number of methoxy groups -OCH3 is 1. The standard InChI is InChI=1S/C20H19ClN2O3/c1-13-6-15(8-17(21)7-13)20-14(4-3-5-22-20)12-26-18-10-23-19(25-2)9-16(18)11-24/h3-5,7-11,13H,6,12H2,1-2H3. The predicted octanol–water partition coefficient (Wildman–Crippen LogP) is 4.42. The van der Waals surface area contributed by atoms with Gasteiger partial charge in [0.15, 0.2) is 6.29 Å². The Hall–Kier alpha value is -2.66. The molecule has 0 N–H and O–H groups in total. The van der Waals surface area contributed by atoms with Crippen molar-refractivity contribution in [1.82, 2.24) is 9.97 Å². The zero-order valence-electron chi connectivity index (χ0n) is 14.6. The molecule has 3 rings (SSSR count). The molecule has 0 radical (unpaired) electrons. The second kappa shape index (κ2) is 8.15. The van der Waals surface area contributed by atoms with E-state index < -0.39 is 0 Å². The largest absolute Gasteiger partial charge is 0.486 e. The second-order valence-corrected chi connectivity index (χ2v) is 6.52. The number of halogens is 1. The Kier molecular flexibility index (Phi) is 5.68. The molecule has 6 heteroatoms. The van der Waals surface area contributed by atoms with E-state index in [1.165, 1.54) is 13.3 Å². The maximum absolute atomic E-state index is 11.3. The van der Waals surface area contributed by atoms with E-state index in [4.69, 9.17) is 21.1 Å². The summed E-state index contributed by atoms with van der Waals surface area (Å²) in [5.74, 6) is 1.12. The molecular weight excluding hydrogens is 352 g/mol. The van der Waals surface area contributed by atoms with Gasteiger partial charge in [0.05, 0.1) is 24.6 Å². The van der Waals surface area contributed by atoms with Gasteiger partial charge in [-0.2, -0.15) is 0 Å². The lowest BCUT2D eigenvalue weighted by Crippen LogP contribution is -2.07. The van der Waals surface area contributed by atoms with Crippen molar-refractivity contribution in [1.29, 1.82) is 0 Å². The quantitative estimate of drug-likeness (QED) is 0.704. The topological polar surface area (TPSA) is 61.3 Å². The molecule has 0 spiro atoms. The molecule has 0 bridgehead atoms. The van der Waals surface area contributed by atoms with Gasteiger partial charge in [0.2, 0.25) is 5.88 Å². The summed E-state index contributed by atoms with van der Waals surface area (Å²) < 4.78 is 10.9. The first kappa shape index (κ1) is 18.1. The maximum atomic E-state index is 11.3. The Morgan fingerprint density at radius 2 is 2.23 bits per heavy atom. The highest BCUT2D eigenvalue weighted by Gasteiger charge is 2.17. The van der Waals surface area contributed by atoms with Crippen molar-refractivity contribution in [2.75, 3.05) is 7.11 Å². The minimum atomic E-state index is 0.269. The Morgan fingerprint density at radius 3 is 2.96 bits per heavy atom. The fourth-order valence-corrected chi connectivity index (χ4v) is 3.23. The SMILES string of the molecule is COc1cc(C=O)c(OCc2cccnc2C2=CC(Cl)=CC(C)C2)cn1. The Balaban J connectivity index is 1.84. The number of rotatable bonds is 6. The molecule has 134 valence electrons. The monoisotopic (exact) mass is 370 g/mol. The third-order valence-corrected chi connectivity index (χ3v) is 4.32. The normalized spacial score (nSPS) is 16.5. The van der Waals surface area contributed by atoms with E-state index in [-0.39, 0.29) is 6.61 Å². The van der Waals surface area contributed by atoms with Gasteiger partial charge in [-0.3, -0.25) is 9.78 Å². The van der Waals surface area contributed by atoms with Crippen LogP contribution in [0.15, 0.2) is 47.8 Å². The molecule has 1 aliphatic carbocycles. The van der Waals surface area contributed by atoms with Crippen LogP contribution in [0.5, 0.6) is 11.6 Å². The highest BCUT2D eigenvalue weighted by Crippen LogP contribution is 2.32. The van der Waals surface area contributed by atoms with E-state index in [2.05, 4.69) is 16.9 Å². The van der Waals surface area contributed by atoms with Crippen LogP contribution in [-0.4, -0.2) is 23.4 Å². The zero-order valence-corrected chi connectivity index (χ0v) is 15.4. The fraction of sp³-hybridized carbons (Fsp3) is 0.250. The summed E-state index contributed by atoms with van der Waals surface area (Å²) in [5.41, 5.74) is 3.25. The number of carbonyl (C=O) groups is 1. The Morgan fingerprint density at radius 1 is 1.38 bits per heavy atom. The first-order valence-electron chi connectivity index (χ1n) is 8.25. The van der Waals surface area contributed by atoms with Crippen molar-refractivity contribution < 1.29 is 14.3 Å². The van der Waals surface area contributed by atoms with Crippen molar-refractivity contribution in [3.63, 3.8) is 0 Å². The summed E-state index contributed by atoms with van der Waals surface area (Å²) in [6.07, 6.45) is 8.80. The van der Waals surface area contributed by atoms with E-state index in [9.17, 15) is 4.79 Å². The van der Waals surface area contributed by atoms with Crippen LogP contribution in [0.1, 0.15) is 35.0 Å². The molecule has 2 aromatic rings. The third-order valence-electron chi connectivity index (χ3n) is 4.09. The van der Waals surface area contributed by atoms with Crippen molar-refractivity contribution in [2.24, 2.45) is 5.92 Å². The molecule has 1 unspecified atom stereocenters. The highest BCUT2D eigenvalue weighted by molar-refractivity contribution is 6.31. The molecule has 0 aromatic carbocycles. The Bertz CT molecular complexity index is 877. The molecule has 26 heavy (non-hydrogen) atoms. The van der Waals surface area contributed by atoms with Crippen LogP contribution in [0.3, 0.4) is 0 Å². The van der Waals surface area contributed by atoms with Crippen molar-refractivity contribution in [3.8, 4) is 11.6 Å². The number of carbonyl (C=O) groups excluding carboxylic acids is 1. The average Bonchev–Trinajstić information content (AvgIpc) is 2.65. The lowest BCUT2D eigenvalue weighted by molar-refractivity contribution is 0.111. The first-order valence-corrected chi connectivity index (χ1v) is 8.62. The predicted molar refractivity (Wildman–Crippen MR) is 100 cm³/mol. The summed E-state index contributed by atoms with van der Waals surface area (Å²) in [6, 6.07) is 5.36. The first-order chi connectivity index (χ1) is 12.6. The summed E-state index contributed by atoms with van der Waals surface area (Å²) >= 11 is 6.22. The van der Waals surface area contributed by atoms with Gasteiger partial charge in [-0.05, 0) is 30.1 Å². The van der Waals surface area contributed by atoms with Crippen LogP contribution in [0.4, 0.5) is 0 Å². The number of hydrogen-bond donors (Lipinski definition) is 0. The third kappa shape index (κ3) is 4.11. The minimum Gasteiger partial charge on any atom is -0.486 e. The second-order valence-electron chi connectivity index (χ2n) is 6.08. The van der Waals surface area contributed by atoms with E-state index >= 15 is 0 Å². The van der Waals surface area contributed by atoms with Crippen molar-refractivity contribution in [2.45, 2.75) is 20.0 Å².